The number of carbonyl (C=O) groups is 3. The van der Waals surface area contributed by atoms with Crippen LogP contribution in [0.5, 0.6) is 0 Å². The van der Waals surface area contributed by atoms with E-state index in [9.17, 15) is 19.5 Å². The molecular formula is C27H30N2O5. The highest BCUT2D eigenvalue weighted by Crippen LogP contribution is 2.44. The molecule has 2 aromatic carbocycles. The van der Waals surface area contributed by atoms with E-state index < -0.39 is 23.6 Å². The fourth-order valence-corrected chi connectivity index (χ4v) is 5.68. The molecule has 1 saturated carbocycles. The van der Waals surface area contributed by atoms with Crippen LogP contribution < -0.4 is 5.32 Å². The molecule has 2 aromatic rings. The summed E-state index contributed by atoms with van der Waals surface area (Å²) in [6.07, 6.45) is 3.98. The van der Waals surface area contributed by atoms with Gasteiger partial charge >= 0.3 is 12.1 Å². The minimum Gasteiger partial charge on any atom is -0.480 e. The molecule has 1 aliphatic heterocycles. The Morgan fingerprint density at radius 2 is 1.62 bits per heavy atom. The van der Waals surface area contributed by atoms with Gasteiger partial charge in [0.15, 0.2) is 0 Å². The monoisotopic (exact) mass is 462 g/mol. The lowest BCUT2D eigenvalue weighted by Crippen LogP contribution is -2.58. The first-order valence-corrected chi connectivity index (χ1v) is 12.1. The van der Waals surface area contributed by atoms with E-state index in [-0.39, 0.29) is 24.9 Å². The highest BCUT2D eigenvalue weighted by molar-refractivity contribution is 5.85. The second kappa shape index (κ2) is 9.12. The number of piperidine rings is 1. The number of amides is 2. The molecule has 2 fully saturated rings. The fraction of sp³-hybridized carbons (Fsp3) is 0.444. The zero-order valence-electron chi connectivity index (χ0n) is 19.2. The van der Waals surface area contributed by atoms with E-state index in [1.165, 1.54) is 16.0 Å². The number of rotatable bonds is 6. The molecule has 0 aromatic heterocycles. The molecule has 178 valence electrons. The van der Waals surface area contributed by atoms with Crippen molar-refractivity contribution in [3.05, 3.63) is 59.7 Å². The third kappa shape index (κ3) is 4.15. The van der Waals surface area contributed by atoms with E-state index in [0.717, 1.165) is 30.4 Å². The summed E-state index contributed by atoms with van der Waals surface area (Å²) in [5.74, 6) is -1.19. The van der Waals surface area contributed by atoms with Crippen molar-refractivity contribution in [3.63, 3.8) is 0 Å². The smallest absolute Gasteiger partial charge is 0.407 e. The van der Waals surface area contributed by atoms with Crippen LogP contribution in [0.4, 0.5) is 4.79 Å². The molecule has 2 amide bonds. The van der Waals surface area contributed by atoms with Gasteiger partial charge in [-0.25, -0.2) is 9.59 Å². The third-order valence-electron chi connectivity index (χ3n) is 7.62. The molecular weight excluding hydrogens is 432 g/mol. The number of nitrogens with one attached hydrogen (secondary N) is 1. The molecule has 0 bridgehead atoms. The number of aliphatic carboxylic acids is 1. The number of carbonyl (C=O) groups excluding carboxylic acids is 2. The van der Waals surface area contributed by atoms with Crippen LogP contribution in [0.25, 0.3) is 11.1 Å². The first-order chi connectivity index (χ1) is 16.5. The zero-order valence-corrected chi connectivity index (χ0v) is 19.2. The van der Waals surface area contributed by atoms with E-state index in [1.54, 1.807) is 0 Å². The van der Waals surface area contributed by atoms with Crippen LogP contribution in [-0.4, -0.2) is 52.7 Å². The van der Waals surface area contributed by atoms with Gasteiger partial charge in [0, 0.05) is 12.5 Å². The molecule has 1 saturated heterocycles. The van der Waals surface area contributed by atoms with Crippen molar-refractivity contribution in [2.75, 3.05) is 13.2 Å². The van der Waals surface area contributed by atoms with E-state index in [0.29, 0.717) is 25.8 Å². The predicted octanol–water partition coefficient (Wildman–Crippen LogP) is 4.30. The second-order valence-corrected chi connectivity index (χ2v) is 9.70. The summed E-state index contributed by atoms with van der Waals surface area (Å²) in [6, 6.07) is 15.6. The van der Waals surface area contributed by atoms with Crippen LogP contribution in [0, 0.1) is 0 Å². The maximum Gasteiger partial charge on any atom is 0.407 e. The zero-order chi connectivity index (χ0) is 23.7. The maximum absolute atomic E-state index is 13.0. The SMILES string of the molecule is O=C(NC1(CC(=O)N2CCCC[C@H]2C(=O)O)CCC1)OCC1c2ccccc2-c2ccccc21. The van der Waals surface area contributed by atoms with Crippen LogP contribution >= 0.6 is 0 Å². The van der Waals surface area contributed by atoms with Gasteiger partial charge in [-0.15, -0.1) is 0 Å². The number of likely N-dealkylation sites (tertiary alicyclic amines) is 1. The topological polar surface area (TPSA) is 95.9 Å². The number of hydrogen-bond donors (Lipinski definition) is 2. The van der Waals surface area contributed by atoms with Crippen LogP contribution in [0.2, 0.25) is 0 Å². The lowest BCUT2D eigenvalue weighted by Gasteiger charge is -2.43. The average Bonchev–Trinajstić information content (AvgIpc) is 3.15. The molecule has 3 aliphatic rings. The largest absolute Gasteiger partial charge is 0.480 e. The molecule has 0 spiro atoms. The lowest BCUT2D eigenvalue weighted by molar-refractivity contribution is -0.153. The quantitative estimate of drug-likeness (QED) is 0.667. The number of hydrogen-bond acceptors (Lipinski definition) is 4. The molecule has 34 heavy (non-hydrogen) atoms. The lowest BCUT2D eigenvalue weighted by atomic mass is 9.74. The normalized spacial score (nSPS) is 20.6. The molecule has 2 aliphatic carbocycles. The van der Waals surface area contributed by atoms with Gasteiger partial charge in [0.2, 0.25) is 5.91 Å². The van der Waals surface area contributed by atoms with E-state index in [4.69, 9.17) is 4.74 Å². The van der Waals surface area contributed by atoms with Crippen molar-refractivity contribution in [2.45, 2.75) is 62.4 Å². The van der Waals surface area contributed by atoms with Crippen LogP contribution in [0.1, 0.15) is 62.0 Å². The molecule has 5 rings (SSSR count). The molecule has 0 unspecified atom stereocenters. The van der Waals surface area contributed by atoms with Crippen molar-refractivity contribution < 1.29 is 24.2 Å². The molecule has 2 N–H and O–H groups in total. The summed E-state index contributed by atoms with van der Waals surface area (Å²) in [7, 11) is 0. The minimum atomic E-state index is -0.958. The van der Waals surface area contributed by atoms with Crippen molar-refractivity contribution in [1.29, 1.82) is 0 Å². The van der Waals surface area contributed by atoms with E-state index in [1.807, 2.05) is 24.3 Å². The van der Waals surface area contributed by atoms with Crippen molar-refractivity contribution in [2.24, 2.45) is 0 Å². The van der Waals surface area contributed by atoms with Crippen molar-refractivity contribution in [1.82, 2.24) is 10.2 Å². The van der Waals surface area contributed by atoms with Gasteiger partial charge in [-0.05, 0) is 60.8 Å². The molecule has 1 heterocycles. The number of alkyl carbamates (subject to hydrolysis) is 1. The predicted molar refractivity (Wildman–Crippen MR) is 126 cm³/mol. The van der Waals surface area contributed by atoms with Gasteiger partial charge < -0.3 is 20.1 Å². The number of nitrogens with zero attached hydrogens (tertiary/aromatic N) is 1. The number of carboxylic acids is 1. The Hall–Kier alpha value is -3.35. The summed E-state index contributed by atoms with van der Waals surface area (Å²) >= 11 is 0. The second-order valence-electron chi connectivity index (χ2n) is 9.70. The summed E-state index contributed by atoms with van der Waals surface area (Å²) in [5.41, 5.74) is 3.98. The van der Waals surface area contributed by atoms with Crippen LogP contribution in [0.3, 0.4) is 0 Å². The summed E-state index contributed by atoms with van der Waals surface area (Å²) < 4.78 is 5.69. The number of carboxylic acid groups (broad SMARTS) is 1. The molecule has 7 nitrogen and oxygen atoms in total. The summed E-state index contributed by atoms with van der Waals surface area (Å²) in [6.45, 7) is 0.675. The van der Waals surface area contributed by atoms with E-state index in [2.05, 4.69) is 29.6 Å². The Kier molecular flexibility index (Phi) is 6.02. The molecule has 0 radical (unpaired) electrons. The van der Waals surface area contributed by atoms with Crippen molar-refractivity contribution in [3.8, 4) is 11.1 Å². The Morgan fingerprint density at radius 1 is 0.971 bits per heavy atom. The van der Waals surface area contributed by atoms with Gasteiger partial charge in [0.1, 0.15) is 12.6 Å². The Morgan fingerprint density at radius 3 is 2.21 bits per heavy atom. The minimum absolute atomic E-state index is 0.0261. The standard InChI is InChI=1S/C27H30N2O5/c30-24(29-15-6-5-12-23(29)25(31)32)16-27(13-7-14-27)28-26(33)34-17-22-20-10-3-1-8-18(20)19-9-2-4-11-21(19)22/h1-4,8-11,22-23H,5-7,12-17H2,(H,28,33)(H,31,32)/t23-/m0/s1. The van der Waals surface area contributed by atoms with Crippen LogP contribution in [-0.2, 0) is 14.3 Å². The van der Waals surface area contributed by atoms with Gasteiger partial charge in [-0.1, -0.05) is 48.5 Å². The van der Waals surface area contributed by atoms with Gasteiger partial charge in [-0.3, -0.25) is 4.79 Å². The first kappa shape index (κ1) is 22.4. The Bertz CT molecular complexity index is 1060. The van der Waals surface area contributed by atoms with Crippen molar-refractivity contribution >= 4 is 18.0 Å². The molecule has 1 atom stereocenters. The van der Waals surface area contributed by atoms with E-state index >= 15 is 0 Å². The first-order valence-electron chi connectivity index (χ1n) is 12.1. The fourth-order valence-electron chi connectivity index (χ4n) is 5.68. The van der Waals surface area contributed by atoms with Gasteiger partial charge in [0.25, 0.3) is 0 Å². The number of fused-ring (bicyclic) bond motifs is 3. The average molecular weight is 463 g/mol. The highest BCUT2D eigenvalue weighted by atomic mass is 16.5. The Labute approximate surface area is 199 Å². The number of benzene rings is 2. The Balaban J connectivity index is 1.23. The summed E-state index contributed by atoms with van der Waals surface area (Å²) in [5, 5.41) is 12.5. The van der Waals surface area contributed by atoms with Gasteiger partial charge in [-0.2, -0.15) is 0 Å². The highest BCUT2D eigenvalue weighted by Gasteiger charge is 2.43. The van der Waals surface area contributed by atoms with Crippen LogP contribution in [0.15, 0.2) is 48.5 Å². The maximum atomic E-state index is 13.0. The summed E-state index contributed by atoms with van der Waals surface area (Å²) in [4.78, 5) is 38.9. The molecule has 7 heteroatoms. The third-order valence-corrected chi connectivity index (χ3v) is 7.62. The van der Waals surface area contributed by atoms with Gasteiger partial charge in [0.05, 0.1) is 12.0 Å². The number of ether oxygens (including phenoxy) is 1.